The van der Waals surface area contributed by atoms with Gasteiger partial charge >= 0.3 is 5.97 Å². The Morgan fingerprint density at radius 2 is 2.19 bits per heavy atom. The van der Waals surface area contributed by atoms with Gasteiger partial charge in [-0.3, -0.25) is 14.5 Å². The summed E-state index contributed by atoms with van der Waals surface area (Å²) in [6, 6.07) is 5.05. The Morgan fingerprint density at radius 3 is 2.81 bits per heavy atom. The van der Waals surface area contributed by atoms with Gasteiger partial charge in [0.1, 0.15) is 6.04 Å². The van der Waals surface area contributed by atoms with E-state index in [9.17, 15) is 14.7 Å². The number of benzene rings is 1. The third-order valence-corrected chi connectivity index (χ3v) is 4.36. The predicted octanol–water partition coefficient (Wildman–Crippen LogP) is 2.49. The van der Waals surface area contributed by atoms with Gasteiger partial charge in [0.2, 0.25) is 5.91 Å². The number of halogens is 1. The molecule has 1 aromatic carbocycles. The fourth-order valence-corrected chi connectivity index (χ4v) is 3.22. The lowest BCUT2D eigenvalue weighted by atomic mass is 10.0. The smallest absolute Gasteiger partial charge is 0.321 e. The molecule has 1 amide bonds. The second-order valence-corrected chi connectivity index (χ2v) is 6.44. The van der Waals surface area contributed by atoms with E-state index in [-0.39, 0.29) is 18.4 Å². The van der Waals surface area contributed by atoms with E-state index >= 15 is 0 Å². The molecule has 0 radical (unpaired) electrons. The van der Waals surface area contributed by atoms with Crippen LogP contribution in [0.2, 0.25) is 0 Å². The van der Waals surface area contributed by atoms with Crippen molar-refractivity contribution < 1.29 is 14.7 Å². The molecule has 0 spiro atoms. The van der Waals surface area contributed by atoms with Crippen LogP contribution in [0.1, 0.15) is 18.9 Å². The molecule has 0 bridgehead atoms. The number of amides is 1. The van der Waals surface area contributed by atoms with Crippen molar-refractivity contribution in [3.63, 3.8) is 0 Å². The van der Waals surface area contributed by atoms with Gasteiger partial charge in [-0.1, -0.05) is 22.9 Å². The minimum absolute atomic E-state index is 0.0738. The van der Waals surface area contributed by atoms with Gasteiger partial charge in [0, 0.05) is 10.2 Å². The summed E-state index contributed by atoms with van der Waals surface area (Å²) in [4.78, 5) is 25.1. The number of carbonyl (C=O) groups excluding carboxylic acids is 1. The maximum atomic E-state index is 12.1. The number of carbonyl (C=O) groups is 2. The normalized spacial score (nSPS) is 22.2. The van der Waals surface area contributed by atoms with Gasteiger partial charge in [-0.05, 0) is 49.6 Å². The van der Waals surface area contributed by atoms with Crippen LogP contribution in [0.3, 0.4) is 0 Å². The number of carboxylic acids is 1. The van der Waals surface area contributed by atoms with Crippen molar-refractivity contribution in [2.75, 3.05) is 18.4 Å². The summed E-state index contributed by atoms with van der Waals surface area (Å²) in [6.07, 6.45) is 0.807. The summed E-state index contributed by atoms with van der Waals surface area (Å²) in [5.41, 5.74) is 1.71. The molecule has 2 unspecified atom stereocenters. The zero-order chi connectivity index (χ0) is 15.6. The standard InChI is InChI=1S/C15H19BrN2O3/c1-9-5-6-18(14(9)15(20)21)8-13(19)17-12-4-3-11(16)7-10(12)2/h3-4,7,9,14H,5-6,8H2,1-2H3,(H,17,19)(H,20,21). The topological polar surface area (TPSA) is 69.6 Å². The summed E-state index contributed by atoms with van der Waals surface area (Å²) in [7, 11) is 0. The molecule has 5 nitrogen and oxygen atoms in total. The first kappa shape index (κ1) is 16.0. The van der Waals surface area contributed by atoms with E-state index in [4.69, 9.17) is 0 Å². The Labute approximate surface area is 132 Å². The quantitative estimate of drug-likeness (QED) is 0.871. The molecule has 1 aromatic rings. The summed E-state index contributed by atoms with van der Waals surface area (Å²) in [5.74, 6) is -0.960. The molecule has 0 aromatic heterocycles. The molecule has 1 aliphatic rings. The Hall–Kier alpha value is -1.40. The van der Waals surface area contributed by atoms with Gasteiger partial charge in [0.05, 0.1) is 6.54 Å². The van der Waals surface area contributed by atoms with E-state index in [1.807, 2.05) is 32.0 Å². The lowest BCUT2D eigenvalue weighted by molar-refractivity contribution is -0.143. The molecular weight excluding hydrogens is 336 g/mol. The molecule has 2 atom stereocenters. The highest BCUT2D eigenvalue weighted by Crippen LogP contribution is 2.24. The minimum Gasteiger partial charge on any atom is -0.480 e. The highest BCUT2D eigenvalue weighted by atomic mass is 79.9. The van der Waals surface area contributed by atoms with E-state index in [2.05, 4.69) is 21.2 Å². The van der Waals surface area contributed by atoms with Gasteiger partial charge in [-0.2, -0.15) is 0 Å². The van der Waals surface area contributed by atoms with Crippen LogP contribution in [0.15, 0.2) is 22.7 Å². The highest BCUT2D eigenvalue weighted by molar-refractivity contribution is 9.10. The second-order valence-electron chi connectivity index (χ2n) is 5.53. The summed E-state index contributed by atoms with van der Waals surface area (Å²) in [5, 5.41) is 12.1. The molecule has 1 fully saturated rings. The van der Waals surface area contributed by atoms with Crippen LogP contribution in [-0.2, 0) is 9.59 Å². The highest BCUT2D eigenvalue weighted by Gasteiger charge is 2.37. The number of aryl methyl sites for hydroxylation is 1. The Kier molecular flexibility index (Phi) is 5.00. The van der Waals surface area contributed by atoms with E-state index in [1.54, 1.807) is 4.90 Å². The maximum absolute atomic E-state index is 12.1. The van der Waals surface area contributed by atoms with Crippen LogP contribution >= 0.6 is 15.9 Å². The first-order valence-corrected chi connectivity index (χ1v) is 7.70. The number of nitrogens with zero attached hydrogens (tertiary/aromatic N) is 1. The van der Waals surface area contributed by atoms with E-state index < -0.39 is 12.0 Å². The summed E-state index contributed by atoms with van der Waals surface area (Å²) < 4.78 is 0.956. The molecule has 6 heteroatoms. The molecule has 1 aliphatic heterocycles. The van der Waals surface area contributed by atoms with Crippen molar-refractivity contribution >= 4 is 33.5 Å². The summed E-state index contributed by atoms with van der Waals surface area (Å²) in [6.45, 7) is 4.58. The van der Waals surface area contributed by atoms with E-state index in [0.717, 1.165) is 22.1 Å². The zero-order valence-electron chi connectivity index (χ0n) is 12.1. The van der Waals surface area contributed by atoms with Crippen LogP contribution in [0.5, 0.6) is 0 Å². The first-order valence-electron chi connectivity index (χ1n) is 6.91. The SMILES string of the molecule is Cc1cc(Br)ccc1NC(=O)CN1CCC(C)C1C(=O)O. The van der Waals surface area contributed by atoms with Crippen molar-refractivity contribution in [3.8, 4) is 0 Å². The molecule has 114 valence electrons. The number of nitrogens with one attached hydrogen (secondary N) is 1. The number of likely N-dealkylation sites (tertiary alicyclic amines) is 1. The molecule has 1 heterocycles. The average molecular weight is 355 g/mol. The zero-order valence-corrected chi connectivity index (χ0v) is 13.7. The second kappa shape index (κ2) is 6.58. The third-order valence-electron chi connectivity index (χ3n) is 3.87. The van der Waals surface area contributed by atoms with Crippen molar-refractivity contribution in [2.45, 2.75) is 26.3 Å². The Morgan fingerprint density at radius 1 is 1.48 bits per heavy atom. The number of hydrogen-bond donors (Lipinski definition) is 2. The number of rotatable bonds is 4. The number of carboxylic acid groups (broad SMARTS) is 1. The lowest BCUT2D eigenvalue weighted by Crippen LogP contribution is -2.43. The van der Waals surface area contributed by atoms with Crippen LogP contribution in [0, 0.1) is 12.8 Å². The first-order chi connectivity index (χ1) is 9.88. The van der Waals surface area contributed by atoms with Gasteiger partial charge in [0.15, 0.2) is 0 Å². The Balaban J connectivity index is 2.00. The lowest BCUT2D eigenvalue weighted by Gasteiger charge is -2.22. The largest absolute Gasteiger partial charge is 0.480 e. The molecule has 21 heavy (non-hydrogen) atoms. The predicted molar refractivity (Wildman–Crippen MR) is 84.3 cm³/mol. The van der Waals surface area contributed by atoms with Crippen LogP contribution < -0.4 is 5.32 Å². The van der Waals surface area contributed by atoms with Gasteiger partial charge in [0.25, 0.3) is 0 Å². The van der Waals surface area contributed by atoms with Crippen LogP contribution in [0.25, 0.3) is 0 Å². The van der Waals surface area contributed by atoms with Gasteiger partial charge in [-0.15, -0.1) is 0 Å². The Bertz CT molecular complexity index is 562. The van der Waals surface area contributed by atoms with Crippen molar-refractivity contribution in [3.05, 3.63) is 28.2 Å². The molecule has 2 rings (SSSR count). The van der Waals surface area contributed by atoms with Gasteiger partial charge in [-0.25, -0.2) is 0 Å². The fraction of sp³-hybridized carbons (Fsp3) is 0.467. The molecule has 2 N–H and O–H groups in total. The van der Waals surface area contributed by atoms with E-state index in [0.29, 0.717) is 6.54 Å². The third kappa shape index (κ3) is 3.83. The van der Waals surface area contributed by atoms with Gasteiger partial charge < -0.3 is 10.4 Å². The molecular formula is C15H19BrN2O3. The molecule has 0 aliphatic carbocycles. The fourth-order valence-electron chi connectivity index (χ4n) is 2.74. The number of anilines is 1. The van der Waals surface area contributed by atoms with Crippen molar-refractivity contribution in [1.29, 1.82) is 0 Å². The number of aliphatic carboxylic acids is 1. The van der Waals surface area contributed by atoms with Crippen LogP contribution in [0.4, 0.5) is 5.69 Å². The minimum atomic E-state index is -0.854. The molecule has 1 saturated heterocycles. The van der Waals surface area contributed by atoms with Crippen molar-refractivity contribution in [2.24, 2.45) is 5.92 Å². The monoisotopic (exact) mass is 354 g/mol. The molecule has 0 saturated carbocycles. The van der Waals surface area contributed by atoms with Crippen molar-refractivity contribution in [1.82, 2.24) is 4.90 Å². The number of hydrogen-bond acceptors (Lipinski definition) is 3. The maximum Gasteiger partial charge on any atom is 0.321 e. The average Bonchev–Trinajstić information content (AvgIpc) is 2.74. The van der Waals surface area contributed by atoms with E-state index in [1.165, 1.54) is 0 Å². The summed E-state index contributed by atoms with van der Waals surface area (Å²) >= 11 is 3.38. The van der Waals surface area contributed by atoms with Crippen LogP contribution in [-0.4, -0.2) is 41.0 Å².